The van der Waals surface area contributed by atoms with Gasteiger partial charge in [0.1, 0.15) is 0 Å². The number of hydrogen-bond acceptors (Lipinski definition) is 2. The van der Waals surface area contributed by atoms with Crippen LogP contribution in [0.2, 0.25) is 0 Å². The number of fused-ring (bicyclic) bond motifs is 2. The lowest BCUT2D eigenvalue weighted by Gasteiger charge is -2.19. The number of nitrogens with zero attached hydrogens (tertiary/aromatic N) is 1. The summed E-state index contributed by atoms with van der Waals surface area (Å²) in [7, 11) is 0. The van der Waals surface area contributed by atoms with Gasteiger partial charge in [-0.05, 0) is 57.3 Å². The second-order valence-electron chi connectivity index (χ2n) is 6.55. The summed E-state index contributed by atoms with van der Waals surface area (Å²) in [5, 5.41) is 0. The van der Waals surface area contributed by atoms with Crippen LogP contribution in [0.5, 0.6) is 0 Å². The zero-order valence-electron chi connectivity index (χ0n) is 12.4. The van der Waals surface area contributed by atoms with Crippen LogP contribution < -0.4 is 0 Å². The monoisotopic (exact) mass is 273 g/mol. The van der Waals surface area contributed by atoms with E-state index in [4.69, 9.17) is 0 Å². The Morgan fingerprint density at radius 1 is 1.05 bits per heavy atom. The van der Waals surface area contributed by atoms with Crippen LogP contribution >= 0.6 is 0 Å². The Balaban J connectivity index is 1.42. The predicted molar refractivity (Wildman–Crippen MR) is 77.8 cm³/mol. The van der Waals surface area contributed by atoms with Crippen molar-refractivity contribution in [1.29, 1.82) is 0 Å². The number of hydrogen-bond donors (Lipinski definition) is 0. The topological polar surface area (TPSA) is 37.4 Å². The highest BCUT2D eigenvalue weighted by Crippen LogP contribution is 2.45. The standard InChI is InChI=1S/C17H23NO2/c1-11-12(2)17(20)18(16(11)19)8-4-3-5-14-9-13-6-7-15(14)10-13/h6-7,13-15H,3-5,8-10H2,1-2H3/t13?,14?,15-/m1/s1. The van der Waals surface area contributed by atoms with Gasteiger partial charge in [0, 0.05) is 17.7 Å². The number of rotatable bonds is 5. The Hall–Kier alpha value is -1.38. The van der Waals surface area contributed by atoms with Crippen molar-refractivity contribution in [2.75, 3.05) is 6.54 Å². The molecule has 108 valence electrons. The largest absolute Gasteiger partial charge is 0.275 e. The molecule has 3 atom stereocenters. The minimum absolute atomic E-state index is 0.0876. The molecule has 1 heterocycles. The molecule has 0 N–H and O–H groups in total. The first kappa shape index (κ1) is 13.6. The van der Waals surface area contributed by atoms with Crippen molar-refractivity contribution in [2.45, 2.75) is 46.0 Å². The van der Waals surface area contributed by atoms with E-state index in [2.05, 4.69) is 12.2 Å². The van der Waals surface area contributed by atoms with Gasteiger partial charge in [0.05, 0.1) is 0 Å². The van der Waals surface area contributed by atoms with E-state index in [1.807, 2.05) is 0 Å². The third kappa shape index (κ3) is 2.23. The number of imide groups is 1. The van der Waals surface area contributed by atoms with Gasteiger partial charge in [-0.25, -0.2) is 0 Å². The summed E-state index contributed by atoms with van der Waals surface area (Å²) in [5.41, 5.74) is 1.24. The molecule has 2 unspecified atom stereocenters. The first-order valence-electron chi connectivity index (χ1n) is 7.80. The van der Waals surface area contributed by atoms with Gasteiger partial charge in [-0.3, -0.25) is 14.5 Å². The third-order valence-electron chi connectivity index (χ3n) is 5.32. The molecular formula is C17H23NO2. The van der Waals surface area contributed by atoms with Crippen molar-refractivity contribution in [2.24, 2.45) is 17.8 Å². The first-order chi connectivity index (χ1) is 9.58. The van der Waals surface area contributed by atoms with Crippen LogP contribution in [-0.2, 0) is 9.59 Å². The van der Waals surface area contributed by atoms with E-state index in [0.29, 0.717) is 17.7 Å². The minimum atomic E-state index is -0.0876. The van der Waals surface area contributed by atoms with E-state index in [9.17, 15) is 9.59 Å². The number of unbranched alkanes of at least 4 members (excludes halogenated alkanes) is 1. The Labute approximate surface area is 120 Å². The zero-order valence-corrected chi connectivity index (χ0v) is 12.4. The summed E-state index contributed by atoms with van der Waals surface area (Å²) in [4.78, 5) is 25.3. The first-order valence-corrected chi connectivity index (χ1v) is 7.80. The molecular weight excluding hydrogens is 250 g/mol. The average molecular weight is 273 g/mol. The number of carbonyl (C=O) groups is 2. The fraction of sp³-hybridized carbons (Fsp3) is 0.647. The van der Waals surface area contributed by atoms with E-state index in [-0.39, 0.29) is 11.8 Å². The minimum Gasteiger partial charge on any atom is -0.275 e. The summed E-state index contributed by atoms with van der Waals surface area (Å²) in [6, 6.07) is 0. The summed E-state index contributed by atoms with van der Waals surface area (Å²) in [6.45, 7) is 4.08. The fourth-order valence-corrected chi connectivity index (χ4v) is 3.92. The van der Waals surface area contributed by atoms with Gasteiger partial charge >= 0.3 is 0 Å². The highest BCUT2D eigenvalue weighted by molar-refractivity contribution is 6.18. The molecule has 2 bridgehead atoms. The van der Waals surface area contributed by atoms with Gasteiger partial charge in [0.2, 0.25) is 0 Å². The fourth-order valence-electron chi connectivity index (χ4n) is 3.92. The van der Waals surface area contributed by atoms with Crippen LogP contribution in [0.15, 0.2) is 23.3 Å². The molecule has 0 aromatic rings. The van der Waals surface area contributed by atoms with Crippen molar-refractivity contribution >= 4 is 11.8 Å². The molecule has 0 spiro atoms. The maximum atomic E-state index is 11.9. The Kier molecular flexibility index (Phi) is 3.53. The van der Waals surface area contributed by atoms with Gasteiger partial charge in [-0.15, -0.1) is 0 Å². The molecule has 3 aliphatic rings. The van der Waals surface area contributed by atoms with Gasteiger partial charge in [-0.1, -0.05) is 18.6 Å². The van der Waals surface area contributed by atoms with Gasteiger partial charge < -0.3 is 0 Å². The summed E-state index contributed by atoms with van der Waals surface area (Å²) in [6.07, 6.45) is 10.8. The normalized spacial score (nSPS) is 32.1. The maximum absolute atomic E-state index is 11.9. The highest BCUT2D eigenvalue weighted by atomic mass is 16.2. The van der Waals surface area contributed by atoms with Crippen LogP contribution in [0, 0.1) is 17.8 Å². The Morgan fingerprint density at radius 3 is 2.30 bits per heavy atom. The molecule has 3 nitrogen and oxygen atoms in total. The molecule has 1 saturated carbocycles. The maximum Gasteiger partial charge on any atom is 0.256 e. The molecule has 1 aliphatic heterocycles. The molecule has 0 radical (unpaired) electrons. The second-order valence-corrected chi connectivity index (χ2v) is 6.55. The molecule has 20 heavy (non-hydrogen) atoms. The lowest BCUT2D eigenvalue weighted by atomic mass is 9.89. The molecule has 0 aromatic carbocycles. The molecule has 2 amide bonds. The quantitative estimate of drug-likeness (QED) is 0.438. The Morgan fingerprint density at radius 2 is 1.75 bits per heavy atom. The Bertz CT molecular complexity index is 479. The van der Waals surface area contributed by atoms with Crippen molar-refractivity contribution in [3.8, 4) is 0 Å². The highest BCUT2D eigenvalue weighted by Gasteiger charge is 2.35. The summed E-state index contributed by atoms with van der Waals surface area (Å²) < 4.78 is 0. The smallest absolute Gasteiger partial charge is 0.256 e. The van der Waals surface area contributed by atoms with Crippen LogP contribution in [0.25, 0.3) is 0 Å². The van der Waals surface area contributed by atoms with Crippen LogP contribution in [0.3, 0.4) is 0 Å². The van der Waals surface area contributed by atoms with Crippen LogP contribution in [0.4, 0.5) is 0 Å². The third-order valence-corrected chi connectivity index (χ3v) is 5.32. The lowest BCUT2D eigenvalue weighted by molar-refractivity contribution is -0.137. The van der Waals surface area contributed by atoms with Gasteiger partial charge in [0.15, 0.2) is 0 Å². The van der Waals surface area contributed by atoms with E-state index in [1.165, 1.54) is 24.2 Å². The molecule has 0 aromatic heterocycles. The van der Waals surface area contributed by atoms with Crippen molar-refractivity contribution in [3.63, 3.8) is 0 Å². The van der Waals surface area contributed by atoms with Gasteiger partial charge in [0.25, 0.3) is 11.8 Å². The lowest BCUT2D eigenvalue weighted by Crippen LogP contribution is -2.32. The van der Waals surface area contributed by atoms with Gasteiger partial charge in [-0.2, -0.15) is 0 Å². The zero-order chi connectivity index (χ0) is 14.3. The summed E-state index contributed by atoms with van der Waals surface area (Å²) in [5.74, 6) is 2.31. The SMILES string of the molecule is CC1=C(C)C(=O)N(CCCCC2CC3C=C[C@@H]2C3)C1=O. The number of amides is 2. The van der Waals surface area contributed by atoms with Crippen LogP contribution in [-0.4, -0.2) is 23.3 Å². The predicted octanol–water partition coefficient (Wildman–Crippen LogP) is 3.07. The van der Waals surface area contributed by atoms with Crippen molar-refractivity contribution < 1.29 is 9.59 Å². The molecule has 3 heteroatoms. The second kappa shape index (κ2) is 5.19. The van der Waals surface area contributed by atoms with E-state index in [1.54, 1.807) is 13.8 Å². The van der Waals surface area contributed by atoms with E-state index >= 15 is 0 Å². The molecule has 2 aliphatic carbocycles. The van der Waals surface area contributed by atoms with E-state index < -0.39 is 0 Å². The molecule has 1 fully saturated rings. The molecule has 3 rings (SSSR count). The van der Waals surface area contributed by atoms with Crippen molar-refractivity contribution in [3.05, 3.63) is 23.3 Å². The number of allylic oxidation sites excluding steroid dienone is 2. The molecule has 0 saturated heterocycles. The van der Waals surface area contributed by atoms with E-state index in [0.717, 1.165) is 30.6 Å². The summed E-state index contributed by atoms with van der Waals surface area (Å²) >= 11 is 0. The average Bonchev–Trinajstić information content (AvgIpc) is 3.10. The number of carbonyl (C=O) groups excluding carboxylic acids is 2. The van der Waals surface area contributed by atoms with Crippen molar-refractivity contribution in [1.82, 2.24) is 4.90 Å². The van der Waals surface area contributed by atoms with Crippen LogP contribution in [0.1, 0.15) is 46.0 Å².